The second-order valence-corrected chi connectivity index (χ2v) is 7.01. The van der Waals surface area contributed by atoms with E-state index in [1.807, 2.05) is 40.0 Å². The van der Waals surface area contributed by atoms with Crippen molar-refractivity contribution in [2.45, 2.75) is 47.2 Å². The SMILES string of the molecule is CC.CC.OCCCn1cc(CNc2nc(N3CCOCC3)cc(N3CCOCC3)n2)nn1. The lowest BCUT2D eigenvalue weighted by Crippen LogP contribution is -2.39. The number of ether oxygens (including phenoxy) is 2. The Bertz CT molecular complexity index is 741. The van der Waals surface area contributed by atoms with E-state index in [1.54, 1.807) is 4.68 Å². The summed E-state index contributed by atoms with van der Waals surface area (Å²) in [5.41, 5.74) is 0.802. The van der Waals surface area contributed by atoms with Crippen LogP contribution in [0.5, 0.6) is 0 Å². The van der Waals surface area contributed by atoms with Crippen molar-refractivity contribution in [3.63, 3.8) is 0 Å². The number of aryl methyl sites for hydroxylation is 1. The quantitative estimate of drug-likeness (QED) is 0.599. The second-order valence-electron chi connectivity index (χ2n) is 7.01. The van der Waals surface area contributed by atoms with Crippen molar-refractivity contribution in [2.24, 2.45) is 0 Å². The third-order valence-corrected chi connectivity index (χ3v) is 4.93. The van der Waals surface area contributed by atoms with Crippen LogP contribution in [0.25, 0.3) is 0 Å². The number of hydrogen-bond donors (Lipinski definition) is 2. The molecule has 2 N–H and O–H groups in total. The van der Waals surface area contributed by atoms with Crippen LogP contribution in [0.1, 0.15) is 39.8 Å². The van der Waals surface area contributed by atoms with Gasteiger partial charge >= 0.3 is 0 Å². The standard InChI is InChI=1S/C18H28N8O3.2C2H6/c27-7-1-2-26-14-15(22-23-26)13-19-18-20-16(24-3-8-28-9-4-24)12-17(21-18)25-5-10-29-11-6-25;2*1-2/h12,14,27H,1-11,13H2,(H,19,20,21);2*1-2H3. The fourth-order valence-corrected chi connectivity index (χ4v) is 3.34. The number of nitrogens with one attached hydrogen (secondary N) is 1. The molecular weight excluding hydrogens is 424 g/mol. The molecule has 2 fully saturated rings. The molecule has 11 heteroatoms. The number of morpholine rings is 2. The van der Waals surface area contributed by atoms with Gasteiger partial charge in [0.1, 0.15) is 17.3 Å². The Kier molecular flexibility index (Phi) is 12.4. The van der Waals surface area contributed by atoms with Gasteiger partial charge in [0, 0.05) is 45.4 Å². The lowest BCUT2D eigenvalue weighted by molar-refractivity contribution is 0.122. The summed E-state index contributed by atoms with van der Waals surface area (Å²) in [5.74, 6) is 2.37. The minimum absolute atomic E-state index is 0.139. The molecule has 2 aromatic heterocycles. The fourth-order valence-electron chi connectivity index (χ4n) is 3.34. The van der Waals surface area contributed by atoms with Crippen molar-refractivity contribution < 1.29 is 14.6 Å². The molecule has 2 aliphatic rings. The summed E-state index contributed by atoms with van der Waals surface area (Å²) in [6.07, 6.45) is 2.53. The first kappa shape index (κ1) is 26.7. The van der Waals surface area contributed by atoms with Crippen molar-refractivity contribution in [3.8, 4) is 0 Å². The third-order valence-electron chi connectivity index (χ3n) is 4.93. The summed E-state index contributed by atoms with van der Waals surface area (Å²) < 4.78 is 12.7. The molecule has 2 aliphatic heterocycles. The predicted octanol–water partition coefficient (Wildman–Crippen LogP) is 1.79. The molecule has 11 nitrogen and oxygen atoms in total. The monoisotopic (exact) mass is 464 g/mol. The van der Waals surface area contributed by atoms with E-state index in [4.69, 9.17) is 24.5 Å². The third kappa shape index (κ3) is 8.41. The average Bonchev–Trinajstić information content (AvgIpc) is 3.37. The molecule has 0 spiro atoms. The summed E-state index contributed by atoms with van der Waals surface area (Å²) in [5, 5.41) is 20.5. The first-order chi connectivity index (χ1) is 16.3. The summed E-state index contributed by atoms with van der Waals surface area (Å²) in [7, 11) is 0. The van der Waals surface area contributed by atoms with Gasteiger partial charge in [0.05, 0.1) is 39.2 Å². The predicted molar refractivity (Wildman–Crippen MR) is 130 cm³/mol. The van der Waals surface area contributed by atoms with Crippen molar-refractivity contribution in [3.05, 3.63) is 18.0 Å². The Morgan fingerprint density at radius 1 is 0.909 bits per heavy atom. The molecule has 0 radical (unpaired) electrons. The lowest BCUT2D eigenvalue weighted by atomic mass is 10.3. The number of nitrogens with zero attached hydrogens (tertiary/aromatic N) is 7. The highest BCUT2D eigenvalue weighted by Gasteiger charge is 2.19. The van der Waals surface area contributed by atoms with Gasteiger partial charge in [-0.25, -0.2) is 0 Å². The van der Waals surface area contributed by atoms with Crippen LogP contribution in [-0.2, 0) is 22.6 Å². The molecule has 4 rings (SSSR count). The summed E-state index contributed by atoms with van der Waals surface area (Å²) in [6, 6.07) is 2.05. The van der Waals surface area contributed by atoms with Gasteiger partial charge in [0.15, 0.2) is 0 Å². The van der Waals surface area contributed by atoms with Crippen LogP contribution >= 0.6 is 0 Å². The van der Waals surface area contributed by atoms with Gasteiger partial charge in [0.2, 0.25) is 5.95 Å². The second kappa shape index (κ2) is 15.4. The largest absolute Gasteiger partial charge is 0.396 e. The van der Waals surface area contributed by atoms with E-state index in [1.165, 1.54) is 0 Å². The first-order valence-electron chi connectivity index (χ1n) is 12.1. The maximum Gasteiger partial charge on any atom is 0.226 e. The molecule has 4 heterocycles. The molecule has 2 saturated heterocycles. The molecule has 0 atom stereocenters. The van der Waals surface area contributed by atoms with Gasteiger partial charge in [-0.05, 0) is 6.42 Å². The van der Waals surface area contributed by atoms with Gasteiger partial charge in [-0.15, -0.1) is 5.10 Å². The Labute approximate surface area is 197 Å². The average molecular weight is 465 g/mol. The van der Waals surface area contributed by atoms with Crippen LogP contribution in [0.4, 0.5) is 17.6 Å². The zero-order valence-electron chi connectivity index (χ0n) is 20.5. The summed E-state index contributed by atoms with van der Waals surface area (Å²) >= 11 is 0. The molecule has 0 unspecified atom stereocenters. The molecule has 0 saturated carbocycles. The van der Waals surface area contributed by atoms with E-state index >= 15 is 0 Å². The highest BCUT2D eigenvalue weighted by molar-refractivity contribution is 5.55. The maximum atomic E-state index is 8.94. The van der Waals surface area contributed by atoms with Crippen LogP contribution < -0.4 is 15.1 Å². The van der Waals surface area contributed by atoms with Crippen LogP contribution in [0.3, 0.4) is 0 Å². The fraction of sp³-hybridized carbons (Fsp3) is 0.727. The Hall–Kier alpha value is -2.50. The molecular formula is C22H40N8O3. The molecule has 0 amide bonds. The normalized spacial score (nSPS) is 15.8. The Morgan fingerprint density at radius 2 is 1.45 bits per heavy atom. The number of aromatic nitrogens is 5. The van der Waals surface area contributed by atoms with E-state index in [0.717, 1.165) is 43.5 Å². The molecule has 0 aromatic carbocycles. The lowest BCUT2D eigenvalue weighted by Gasteiger charge is -2.31. The van der Waals surface area contributed by atoms with Crippen LogP contribution in [0.15, 0.2) is 12.3 Å². The molecule has 2 aromatic rings. The molecule has 0 bridgehead atoms. The summed E-state index contributed by atoms with van der Waals surface area (Å²) in [4.78, 5) is 13.9. The first-order valence-corrected chi connectivity index (χ1v) is 12.1. The van der Waals surface area contributed by atoms with Crippen molar-refractivity contribution >= 4 is 17.6 Å². The topological polar surface area (TPSA) is 114 Å². The smallest absolute Gasteiger partial charge is 0.226 e. The van der Waals surface area contributed by atoms with Crippen LogP contribution in [-0.4, -0.2) is 89.3 Å². The highest BCUT2D eigenvalue weighted by Crippen LogP contribution is 2.23. The van der Waals surface area contributed by atoms with Gasteiger partial charge in [-0.2, -0.15) is 9.97 Å². The van der Waals surface area contributed by atoms with Gasteiger partial charge in [0.25, 0.3) is 0 Å². The van der Waals surface area contributed by atoms with Crippen LogP contribution in [0, 0.1) is 0 Å². The number of aliphatic hydroxyl groups excluding tert-OH is 1. The zero-order valence-corrected chi connectivity index (χ0v) is 20.5. The van der Waals surface area contributed by atoms with Crippen LogP contribution in [0.2, 0.25) is 0 Å². The van der Waals surface area contributed by atoms with Gasteiger partial charge in [-0.1, -0.05) is 32.9 Å². The van der Waals surface area contributed by atoms with Crippen molar-refractivity contribution in [1.29, 1.82) is 0 Å². The highest BCUT2D eigenvalue weighted by atomic mass is 16.5. The summed E-state index contributed by atoms with van der Waals surface area (Å²) in [6.45, 7) is 15.4. The Morgan fingerprint density at radius 3 is 1.97 bits per heavy atom. The van der Waals surface area contributed by atoms with E-state index in [9.17, 15) is 0 Å². The number of aliphatic hydroxyl groups is 1. The number of anilines is 3. The molecule has 186 valence electrons. The van der Waals surface area contributed by atoms with Crippen molar-refractivity contribution in [2.75, 3.05) is 74.3 Å². The molecule has 33 heavy (non-hydrogen) atoms. The van der Waals surface area contributed by atoms with E-state index in [-0.39, 0.29) is 6.61 Å². The zero-order chi connectivity index (χ0) is 23.9. The molecule has 0 aliphatic carbocycles. The van der Waals surface area contributed by atoms with Gasteiger partial charge < -0.3 is 29.7 Å². The number of hydrogen-bond acceptors (Lipinski definition) is 10. The minimum atomic E-state index is 0.139. The minimum Gasteiger partial charge on any atom is -0.396 e. The van der Waals surface area contributed by atoms with E-state index < -0.39 is 0 Å². The van der Waals surface area contributed by atoms with E-state index in [2.05, 4.69) is 25.4 Å². The Balaban J connectivity index is 0.000000914. The number of rotatable bonds is 8. The van der Waals surface area contributed by atoms with Gasteiger partial charge in [-0.3, -0.25) is 4.68 Å². The van der Waals surface area contributed by atoms with E-state index in [0.29, 0.717) is 51.9 Å². The van der Waals surface area contributed by atoms with Crippen molar-refractivity contribution in [1.82, 2.24) is 25.0 Å². The maximum absolute atomic E-state index is 8.94.